The summed E-state index contributed by atoms with van der Waals surface area (Å²) in [5.41, 5.74) is 0.918. The van der Waals surface area contributed by atoms with Crippen LogP contribution in [-0.2, 0) is 4.79 Å². The van der Waals surface area contributed by atoms with Gasteiger partial charge in [0, 0.05) is 32.5 Å². The molecule has 0 unspecified atom stereocenters. The van der Waals surface area contributed by atoms with Crippen molar-refractivity contribution < 1.29 is 9.18 Å². The van der Waals surface area contributed by atoms with Crippen LogP contribution in [0.3, 0.4) is 0 Å². The van der Waals surface area contributed by atoms with Crippen LogP contribution < -0.4 is 5.32 Å². The maximum atomic E-state index is 13.4. The van der Waals surface area contributed by atoms with Gasteiger partial charge in [0.1, 0.15) is 5.82 Å². The Bertz CT molecular complexity index is 482. The molecular formula is C14H18ClFN2O. The Morgan fingerprint density at radius 2 is 2.21 bits per heavy atom. The maximum Gasteiger partial charge on any atom is 0.219 e. The first-order valence-electron chi connectivity index (χ1n) is 6.40. The van der Waals surface area contributed by atoms with E-state index in [-0.39, 0.29) is 30.2 Å². The number of amides is 1. The highest BCUT2D eigenvalue weighted by atomic mass is 35.5. The van der Waals surface area contributed by atoms with Gasteiger partial charge in [-0.05, 0) is 23.6 Å². The van der Waals surface area contributed by atoms with E-state index in [9.17, 15) is 9.18 Å². The molecule has 3 atom stereocenters. The van der Waals surface area contributed by atoms with Crippen molar-refractivity contribution in [3.05, 3.63) is 35.6 Å². The summed E-state index contributed by atoms with van der Waals surface area (Å²) in [7, 11) is 0. The summed E-state index contributed by atoms with van der Waals surface area (Å²) in [5, 5.41) is 3.37. The molecular weight excluding hydrogens is 267 g/mol. The van der Waals surface area contributed by atoms with Gasteiger partial charge in [-0.25, -0.2) is 4.39 Å². The molecule has 1 amide bonds. The van der Waals surface area contributed by atoms with Gasteiger partial charge >= 0.3 is 0 Å². The van der Waals surface area contributed by atoms with Gasteiger partial charge in [-0.15, -0.1) is 12.4 Å². The number of nitrogens with zero attached hydrogens (tertiary/aromatic N) is 1. The van der Waals surface area contributed by atoms with Crippen molar-refractivity contribution in [3.8, 4) is 0 Å². The molecule has 1 N–H and O–H groups in total. The first-order valence-corrected chi connectivity index (χ1v) is 6.40. The minimum Gasteiger partial charge on any atom is -0.335 e. The molecule has 0 radical (unpaired) electrons. The van der Waals surface area contributed by atoms with E-state index in [2.05, 4.69) is 5.32 Å². The first-order chi connectivity index (χ1) is 8.66. The van der Waals surface area contributed by atoms with Crippen molar-refractivity contribution in [2.45, 2.75) is 13.0 Å². The molecule has 2 saturated heterocycles. The van der Waals surface area contributed by atoms with Crippen LogP contribution in [0.1, 0.15) is 18.5 Å². The van der Waals surface area contributed by atoms with Crippen molar-refractivity contribution >= 4 is 18.3 Å². The van der Waals surface area contributed by atoms with E-state index in [1.807, 2.05) is 11.0 Å². The van der Waals surface area contributed by atoms with E-state index in [1.54, 1.807) is 19.1 Å². The van der Waals surface area contributed by atoms with Crippen LogP contribution in [0.2, 0.25) is 0 Å². The molecule has 2 aliphatic heterocycles. The molecule has 0 aliphatic carbocycles. The number of fused-ring (bicyclic) bond motifs is 1. The lowest BCUT2D eigenvalue weighted by atomic mass is 9.89. The van der Waals surface area contributed by atoms with Crippen LogP contribution in [0.5, 0.6) is 0 Å². The summed E-state index contributed by atoms with van der Waals surface area (Å²) in [6.45, 7) is 4.25. The van der Waals surface area contributed by atoms with E-state index < -0.39 is 0 Å². The van der Waals surface area contributed by atoms with E-state index >= 15 is 0 Å². The van der Waals surface area contributed by atoms with Gasteiger partial charge in [-0.2, -0.15) is 0 Å². The molecule has 0 bridgehead atoms. The highest BCUT2D eigenvalue weighted by molar-refractivity contribution is 5.85. The predicted octanol–water partition coefficient (Wildman–Crippen LogP) is 1.99. The monoisotopic (exact) mass is 284 g/mol. The number of carbonyl (C=O) groups excluding carboxylic acids is 1. The van der Waals surface area contributed by atoms with E-state index in [0.29, 0.717) is 11.8 Å². The lowest BCUT2D eigenvalue weighted by molar-refractivity contribution is -0.130. The summed E-state index contributed by atoms with van der Waals surface area (Å²) in [6, 6.07) is 6.67. The van der Waals surface area contributed by atoms with Gasteiger partial charge in [0.05, 0.1) is 6.04 Å². The van der Waals surface area contributed by atoms with Gasteiger partial charge < -0.3 is 10.2 Å². The van der Waals surface area contributed by atoms with E-state index in [4.69, 9.17) is 0 Å². The number of benzene rings is 1. The number of hydrogen-bond donors (Lipinski definition) is 1. The molecule has 0 aromatic heterocycles. The predicted molar refractivity (Wildman–Crippen MR) is 73.6 cm³/mol. The van der Waals surface area contributed by atoms with Crippen molar-refractivity contribution in [1.29, 1.82) is 0 Å². The molecule has 2 fully saturated rings. The third-order valence-corrected chi connectivity index (χ3v) is 4.16. The second kappa shape index (κ2) is 5.47. The van der Waals surface area contributed by atoms with Crippen LogP contribution >= 0.6 is 12.4 Å². The number of nitrogens with one attached hydrogen (secondary N) is 1. The van der Waals surface area contributed by atoms with E-state index in [0.717, 1.165) is 25.2 Å². The zero-order valence-electron chi connectivity index (χ0n) is 10.8. The summed E-state index contributed by atoms with van der Waals surface area (Å²) in [6.07, 6.45) is 0. The molecule has 19 heavy (non-hydrogen) atoms. The molecule has 2 aliphatic rings. The fourth-order valence-corrected chi connectivity index (χ4v) is 3.36. The number of halogens is 2. The number of hydrogen-bond acceptors (Lipinski definition) is 2. The van der Waals surface area contributed by atoms with Crippen LogP contribution in [0.4, 0.5) is 4.39 Å². The van der Waals surface area contributed by atoms with Crippen LogP contribution in [-0.4, -0.2) is 30.4 Å². The van der Waals surface area contributed by atoms with Gasteiger partial charge in [-0.3, -0.25) is 4.79 Å². The summed E-state index contributed by atoms with van der Waals surface area (Å²) in [5.74, 6) is 0.766. The van der Waals surface area contributed by atoms with Crippen molar-refractivity contribution in [3.63, 3.8) is 0 Å². The topological polar surface area (TPSA) is 32.3 Å². The normalized spacial score (nSPS) is 28.9. The van der Waals surface area contributed by atoms with Gasteiger partial charge in [-0.1, -0.05) is 12.1 Å². The molecule has 0 saturated carbocycles. The minimum atomic E-state index is -0.231. The average molecular weight is 285 g/mol. The highest BCUT2D eigenvalue weighted by Gasteiger charge is 2.45. The second-order valence-corrected chi connectivity index (χ2v) is 5.25. The molecule has 5 heteroatoms. The Morgan fingerprint density at radius 3 is 2.89 bits per heavy atom. The van der Waals surface area contributed by atoms with Crippen LogP contribution in [0.25, 0.3) is 0 Å². The van der Waals surface area contributed by atoms with E-state index in [1.165, 1.54) is 6.07 Å². The number of likely N-dealkylation sites (tertiary alicyclic amines) is 1. The molecule has 3 nitrogen and oxygen atoms in total. The number of rotatable bonds is 1. The standard InChI is InChI=1S/C14H17FN2O.ClH/c1-9(18)17-8-11-6-16-7-13(11)14(17)10-3-2-4-12(15)5-10;/h2-5,11,13-14,16H,6-8H2,1H3;1H/t11-,13-,14-;/m1./s1. The summed E-state index contributed by atoms with van der Waals surface area (Å²) in [4.78, 5) is 13.7. The Kier molecular flexibility index (Phi) is 4.11. The smallest absolute Gasteiger partial charge is 0.219 e. The first kappa shape index (κ1) is 14.3. The van der Waals surface area contributed by atoms with Gasteiger partial charge in [0.25, 0.3) is 0 Å². The highest BCUT2D eigenvalue weighted by Crippen LogP contribution is 2.42. The Labute approximate surface area is 118 Å². The number of carbonyl (C=O) groups is 1. The lowest BCUT2D eigenvalue weighted by Crippen LogP contribution is -2.32. The molecule has 1 aromatic rings. The summed E-state index contributed by atoms with van der Waals surface area (Å²) >= 11 is 0. The van der Waals surface area contributed by atoms with Crippen LogP contribution in [0.15, 0.2) is 24.3 Å². The molecule has 0 spiro atoms. The fraction of sp³-hybridized carbons (Fsp3) is 0.500. The molecule has 2 heterocycles. The zero-order valence-corrected chi connectivity index (χ0v) is 11.6. The molecule has 104 valence electrons. The largest absolute Gasteiger partial charge is 0.335 e. The molecule has 3 rings (SSSR count). The van der Waals surface area contributed by atoms with Crippen molar-refractivity contribution in [1.82, 2.24) is 10.2 Å². The Hall–Kier alpha value is -1.13. The maximum absolute atomic E-state index is 13.4. The third kappa shape index (κ3) is 2.47. The second-order valence-electron chi connectivity index (χ2n) is 5.25. The van der Waals surface area contributed by atoms with Crippen LogP contribution in [0, 0.1) is 17.7 Å². The summed E-state index contributed by atoms with van der Waals surface area (Å²) < 4.78 is 13.4. The van der Waals surface area contributed by atoms with Gasteiger partial charge in [0.15, 0.2) is 0 Å². The lowest BCUT2D eigenvalue weighted by Gasteiger charge is -2.27. The van der Waals surface area contributed by atoms with Crippen molar-refractivity contribution in [2.75, 3.05) is 19.6 Å². The Morgan fingerprint density at radius 1 is 1.42 bits per heavy atom. The Balaban J connectivity index is 0.00000133. The SMILES string of the molecule is CC(=O)N1C[C@H]2CNC[C@H]2[C@H]1c1cccc(F)c1.Cl. The van der Waals surface area contributed by atoms with Crippen molar-refractivity contribution in [2.24, 2.45) is 11.8 Å². The zero-order chi connectivity index (χ0) is 12.7. The quantitative estimate of drug-likeness (QED) is 0.855. The fourth-order valence-electron chi connectivity index (χ4n) is 3.36. The third-order valence-electron chi connectivity index (χ3n) is 4.16. The minimum absolute atomic E-state index is 0. The van der Waals surface area contributed by atoms with Gasteiger partial charge in [0.2, 0.25) is 5.91 Å². The average Bonchev–Trinajstić information content (AvgIpc) is 2.87. The molecule has 1 aromatic carbocycles.